The Morgan fingerprint density at radius 2 is 1.85 bits per heavy atom. The molecule has 0 aliphatic rings. The predicted molar refractivity (Wildman–Crippen MR) is 82.5 cm³/mol. The lowest BCUT2D eigenvalue weighted by atomic mass is 10.1. The molecule has 2 N–H and O–H groups in total. The molecular weight excluding hydrogens is 275 g/mol. The van der Waals surface area contributed by atoms with E-state index in [-0.39, 0.29) is 5.82 Å². The van der Waals surface area contributed by atoms with E-state index in [0.29, 0.717) is 18.1 Å². The SMILES string of the molecule is CCN(Cc1ccc(CN)cc1Cl)c1ccc(F)cc1. The van der Waals surface area contributed by atoms with E-state index in [2.05, 4.69) is 11.8 Å². The zero-order valence-corrected chi connectivity index (χ0v) is 12.2. The van der Waals surface area contributed by atoms with Gasteiger partial charge in [-0.05, 0) is 48.4 Å². The maximum absolute atomic E-state index is 13.0. The molecule has 0 radical (unpaired) electrons. The Bertz CT molecular complexity index is 569. The van der Waals surface area contributed by atoms with Crippen LogP contribution in [0, 0.1) is 5.82 Å². The molecule has 2 nitrogen and oxygen atoms in total. The van der Waals surface area contributed by atoms with Crippen LogP contribution in [0.2, 0.25) is 5.02 Å². The molecule has 2 aromatic rings. The van der Waals surface area contributed by atoms with E-state index in [9.17, 15) is 4.39 Å². The standard InChI is InChI=1S/C16H18ClFN2/c1-2-20(15-7-5-14(18)6-8-15)11-13-4-3-12(10-19)9-16(13)17/h3-9H,2,10-11,19H2,1H3. The summed E-state index contributed by atoms with van der Waals surface area (Å²) in [5.41, 5.74) is 8.63. The summed E-state index contributed by atoms with van der Waals surface area (Å²) in [5.74, 6) is -0.227. The summed E-state index contributed by atoms with van der Waals surface area (Å²) in [7, 11) is 0. The molecule has 0 unspecified atom stereocenters. The second-order valence-electron chi connectivity index (χ2n) is 4.62. The molecule has 4 heteroatoms. The summed E-state index contributed by atoms with van der Waals surface area (Å²) in [5, 5.41) is 0.716. The molecule has 0 aliphatic carbocycles. The second-order valence-corrected chi connectivity index (χ2v) is 5.03. The van der Waals surface area contributed by atoms with E-state index in [1.165, 1.54) is 12.1 Å². The molecule has 2 aromatic carbocycles. The van der Waals surface area contributed by atoms with Gasteiger partial charge >= 0.3 is 0 Å². The lowest BCUT2D eigenvalue weighted by Crippen LogP contribution is -2.22. The van der Waals surface area contributed by atoms with Crippen molar-refractivity contribution < 1.29 is 4.39 Å². The van der Waals surface area contributed by atoms with E-state index in [4.69, 9.17) is 17.3 Å². The van der Waals surface area contributed by atoms with Crippen LogP contribution in [-0.4, -0.2) is 6.54 Å². The average molecular weight is 293 g/mol. The molecule has 106 valence electrons. The van der Waals surface area contributed by atoms with Gasteiger partial charge in [-0.15, -0.1) is 0 Å². The van der Waals surface area contributed by atoms with Crippen molar-refractivity contribution in [2.45, 2.75) is 20.0 Å². The summed E-state index contributed by atoms with van der Waals surface area (Å²) in [6, 6.07) is 12.4. The van der Waals surface area contributed by atoms with Gasteiger partial charge in [0, 0.05) is 30.3 Å². The van der Waals surface area contributed by atoms with Gasteiger partial charge in [-0.3, -0.25) is 0 Å². The van der Waals surface area contributed by atoms with E-state index >= 15 is 0 Å². The number of anilines is 1. The molecule has 0 saturated heterocycles. The zero-order chi connectivity index (χ0) is 14.5. The first-order valence-electron chi connectivity index (χ1n) is 6.62. The molecular formula is C16H18ClFN2. The number of rotatable bonds is 5. The van der Waals surface area contributed by atoms with Crippen LogP contribution in [0.1, 0.15) is 18.1 Å². The van der Waals surface area contributed by atoms with Gasteiger partial charge in [0.25, 0.3) is 0 Å². The van der Waals surface area contributed by atoms with E-state index in [1.54, 1.807) is 12.1 Å². The first kappa shape index (κ1) is 14.8. The maximum atomic E-state index is 13.0. The topological polar surface area (TPSA) is 29.3 Å². The fourth-order valence-electron chi connectivity index (χ4n) is 2.09. The Labute approximate surface area is 124 Å². The van der Waals surface area contributed by atoms with Gasteiger partial charge in [-0.25, -0.2) is 4.39 Å². The fraction of sp³-hybridized carbons (Fsp3) is 0.250. The number of nitrogens with zero attached hydrogens (tertiary/aromatic N) is 1. The Hall–Kier alpha value is -1.58. The minimum absolute atomic E-state index is 0.227. The van der Waals surface area contributed by atoms with Crippen LogP contribution >= 0.6 is 11.6 Å². The van der Waals surface area contributed by atoms with Crippen LogP contribution in [-0.2, 0) is 13.1 Å². The van der Waals surface area contributed by atoms with Crippen LogP contribution in [0.5, 0.6) is 0 Å². The third kappa shape index (κ3) is 3.50. The molecule has 20 heavy (non-hydrogen) atoms. The quantitative estimate of drug-likeness (QED) is 0.904. The van der Waals surface area contributed by atoms with Gasteiger partial charge in [-0.2, -0.15) is 0 Å². The van der Waals surface area contributed by atoms with Gasteiger partial charge in [-0.1, -0.05) is 23.7 Å². The normalized spacial score (nSPS) is 10.6. The Morgan fingerprint density at radius 3 is 2.40 bits per heavy atom. The number of hydrogen-bond donors (Lipinski definition) is 1. The number of benzene rings is 2. The van der Waals surface area contributed by atoms with E-state index in [0.717, 1.165) is 23.4 Å². The molecule has 0 heterocycles. The maximum Gasteiger partial charge on any atom is 0.123 e. The molecule has 0 bridgehead atoms. The molecule has 2 rings (SSSR count). The smallest absolute Gasteiger partial charge is 0.123 e. The first-order valence-corrected chi connectivity index (χ1v) is 6.99. The predicted octanol–water partition coefficient (Wildman–Crippen LogP) is 3.96. The van der Waals surface area contributed by atoms with Crippen LogP contribution in [0.15, 0.2) is 42.5 Å². The van der Waals surface area contributed by atoms with Crippen LogP contribution in [0.4, 0.5) is 10.1 Å². The van der Waals surface area contributed by atoms with Crippen molar-refractivity contribution in [3.8, 4) is 0 Å². The summed E-state index contributed by atoms with van der Waals surface area (Å²) in [6.45, 7) is 4.05. The van der Waals surface area contributed by atoms with Crippen LogP contribution < -0.4 is 10.6 Å². The molecule has 0 aliphatic heterocycles. The van der Waals surface area contributed by atoms with Crippen LogP contribution in [0.3, 0.4) is 0 Å². The highest BCUT2D eigenvalue weighted by Gasteiger charge is 2.08. The Kier molecular flexibility index (Phi) is 4.99. The second kappa shape index (κ2) is 6.73. The highest BCUT2D eigenvalue weighted by Crippen LogP contribution is 2.23. The van der Waals surface area contributed by atoms with Crippen molar-refractivity contribution in [2.24, 2.45) is 5.73 Å². The zero-order valence-electron chi connectivity index (χ0n) is 11.4. The Balaban J connectivity index is 2.20. The largest absolute Gasteiger partial charge is 0.367 e. The van der Waals surface area contributed by atoms with Crippen LogP contribution in [0.25, 0.3) is 0 Å². The van der Waals surface area contributed by atoms with E-state index in [1.807, 2.05) is 18.2 Å². The highest BCUT2D eigenvalue weighted by molar-refractivity contribution is 6.31. The van der Waals surface area contributed by atoms with Crippen molar-refractivity contribution in [3.05, 3.63) is 64.4 Å². The summed E-state index contributed by atoms with van der Waals surface area (Å²) < 4.78 is 13.0. The van der Waals surface area contributed by atoms with Crippen molar-refractivity contribution in [2.75, 3.05) is 11.4 Å². The van der Waals surface area contributed by atoms with Gasteiger partial charge in [0.15, 0.2) is 0 Å². The lowest BCUT2D eigenvalue weighted by Gasteiger charge is -2.24. The minimum atomic E-state index is -0.227. The molecule has 0 fully saturated rings. The van der Waals surface area contributed by atoms with Gasteiger partial charge in [0.1, 0.15) is 5.82 Å². The number of nitrogens with two attached hydrogens (primary N) is 1. The van der Waals surface area contributed by atoms with Gasteiger partial charge in [0.05, 0.1) is 0 Å². The van der Waals surface area contributed by atoms with E-state index < -0.39 is 0 Å². The first-order chi connectivity index (χ1) is 9.63. The minimum Gasteiger partial charge on any atom is -0.367 e. The third-order valence-electron chi connectivity index (χ3n) is 3.29. The van der Waals surface area contributed by atoms with Crippen molar-refractivity contribution in [3.63, 3.8) is 0 Å². The summed E-state index contributed by atoms with van der Waals surface area (Å²) in [6.07, 6.45) is 0. The molecule has 0 spiro atoms. The molecule has 0 atom stereocenters. The molecule has 0 saturated carbocycles. The lowest BCUT2D eigenvalue weighted by molar-refractivity contribution is 0.627. The summed E-state index contributed by atoms with van der Waals surface area (Å²) >= 11 is 6.28. The molecule has 0 aromatic heterocycles. The monoisotopic (exact) mass is 292 g/mol. The van der Waals surface area contributed by atoms with Crippen molar-refractivity contribution in [1.82, 2.24) is 0 Å². The van der Waals surface area contributed by atoms with Crippen molar-refractivity contribution in [1.29, 1.82) is 0 Å². The third-order valence-corrected chi connectivity index (χ3v) is 3.64. The summed E-state index contributed by atoms with van der Waals surface area (Å²) in [4.78, 5) is 2.14. The van der Waals surface area contributed by atoms with Gasteiger partial charge in [0.2, 0.25) is 0 Å². The van der Waals surface area contributed by atoms with Gasteiger partial charge < -0.3 is 10.6 Å². The molecule has 0 amide bonds. The van der Waals surface area contributed by atoms with Crippen molar-refractivity contribution >= 4 is 17.3 Å². The Morgan fingerprint density at radius 1 is 1.15 bits per heavy atom. The number of halogens is 2. The average Bonchev–Trinajstić information content (AvgIpc) is 2.47. The fourth-order valence-corrected chi connectivity index (χ4v) is 2.35. The number of hydrogen-bond acceptors (Lipinski definition) is 2. The highest BCUT2D eigenvalue weighted by atomic mass is 35.5.